The van der Waals surface area contributed by atoms with E-state index in [-0.39, 0.29) is 5.91 Å². The molecular weight excluding hydrogens is 531 g/mol. The first-order chi connectivity index (χ1) is 18.0. The number of carbonyl (C=O) groups is 1. The van der Waals surface area contributed by atoms with Crippen LogP contribution in [0.5, 0.6) is 5.75 Å². The molecular formula is C26H24Cl2N6O2S. The van der Waals surface area contributed by atoms with Crippen molar-refractivity contribution in [2.75, 3.05) is 12.4 Å². The summed E-state index contributed by atoms with van der Waals surface area (Å²) in [6, 6.07) is 22.4. The number of hydrazone groups is 1. The standard InChI is InChI=1S/C26H24Cl2N6O2S/c1-17(25(35)32-30-15-18-12-13-19(27)14-21(18)28)37-26-33-31-24(34(26)20-8-4-3-5-9-20)16-29-22-10-6-7-11-23(22)36-2/h3-15,17,29H,16H2,1-2H3,(H,32,35)/b30-15-. The molecule has 11 heteroatoms. The van der Waals surface area contributed by atoms with Gasteiger partial charge in [-0.15, -0.1) is 10.2 Å². The monoisotopic (exact) mass is 554 g/mol. The van der Waals surface area contributed by atoms with Crippen LogP contribution in [0.2, 0.25) is 10.0 Å². The van der Waals surface area contributed by atoms with Crippen LogP contribution in [0, 0.1) is 0 Å². The summed E-state index contributed by atoms with van der Waals surface area (Å²) in [5.74, 6) is 1.12. The van der Waals surface area contributed by atoms with Crippen molar-refractivity contribution in [1.29, 1.82) is 0 Å². The Morgan fingerprint density at radius 1 is 1.11 bits per heavy atom. The van der Waals surface area contributed by atoms with E-state index in [9.17, 15) is 4.79 Å². The van der Waals surface area contributed by atoms with Gasteiger partial charge in [0.25, 0.3) is 5.91 Å². The molecule has 0 saturated heterocycles. The summed E-state index contributed by atoms with van der Waals surface area (Å²) >= 11 is 13.4. The number of aromatic nitrogens is 3. The van der Waals surface area contributed by atoms with Gasteiger partial charge in [-0.25, -0.2) is 5.43 Å². The van der Waals surface area contributed by atoms with Crippen molar-refractivity contribution < 1.29 is 9.53 Å². The smallest absolute Gasteiger partial charge is 0.253 e. The number of hydrogen-bond acceptors (Lipinski definition) is 7. The molecule has 0 aliphatic rings. The van der Waals surface area contributed by atoms with E-state index < -0.39 is 5.25 Å². The molecule has 1 aromatic heterocycles. The van der Waals surface area contributed by atoms with E-state index in [1.807, 2.05) is 59.2 Å². The molecule has 0 aliphatic carbocycles. The third-order valence-electron chi connectivity index (χ3n) is 5.25. The highest BCUT2D eigenvalue weighted by atomic mass is 35.5. The van der Waals surface area contributed by atoms with Crippen molar-refractivity contribution >= 4 is 52.8 Å². The molecule has 190 valence electrons. The minimum absolute atomic E-state index is 0.289. The van der Waals surface area contributed by atoms with E-state index in [1.54, 1.807) is 32.2 Å². The number of halogens is 2. The third kappa shape index (κ3) is 6.82. The molecule has 1 atom stereocenters. The number of methoxy groups -OCH3 is 1. The number of amides is 1. The van der Waals surface area contributed by atoms with Crippen LogP contribution in [0.15, 0.2) is 83.1 Å². The summed E-state index contributed by atoms with van der Waals surface area (Å²) in [6.07, 6.45) is 1.47. The Kier molecular flexibility index (Phi) is 9.05. The molecule has 4 rings (SSSR count). The summed E-state index contributed by atoms with van der Waals surface area (Å²) in [4.78, 5) is 12.7. The third-order valence-corrected chi connectivity index (χ3v) is 6.86. The maximum Gasteiger partial charge on any atom is 0.253 e. The molecule has 0 aliphatic heterocycles. The van der Waals surface area contributed by atoms with Crippen LogP contribution in [0.1, 0.15) is 18.3 Å². The molecule has 4 aromatic rings. The number of nitrogens with one attached hydrogen (secondary N) is 2. The summed E-state index contributed by atoms with van der Waals surface area (Å²) in [5.41, 5.74) is 4.92. The topological polar surface area (TPSA) is 93.4 Å². The zero-order chi connectivity index (χ0) is 26.2. The minimum atomic E-state index is -0.500. The first-order valence-electron chi connectivity index (χ1n) is 11.3. The van der Waals surface area contributed by atoms with E-state index >= 15 is 0 Å². The number of thioether (sulfide) groups is 1. The molecule has 1 amide bonds. The van der Waals surface area contributed by atoms with Crippen LogP contribution >= 0.6 is 35.0 Å². The SMILES string of the molecule is COc1ccccc1NCc1nnc(SC(C)C(=O)N/N=C\c2ccc(Cl)cc2Cl)n1-c1ccccc1. The number of rotatable bonds is 10. The second kappa shape index (κ2) is 12.6. The Morgan fingerprint density at radius 2 is 1.86 bits per heavy atom. The maximum atomic E-state index is 12.7. The largest absolute Gasteiger partial charge is 0.495 e. The zero-order valence-electron chi connectivity index (χ0n) is 20.1. The van der Waals surface area contributed by atoms with E-state index in [4.69, 9.17) is 27.9 Å². The van der Waals surface area contributed by atoms with Gasteiger partial charge in [0.15, 0.2) is 11.0 Å². The number of hydrogen-bond donors (Lipinski definition) is 2. The molecule has 0 saturated carbocycles. The van der Waals surface area contributed by atoms with Crippen LogP contribution in [-0.2, 0) is 11.3 Å². The lowest BCUT2D eigenvalue weighted by Crippen LogP contribution is -2.27. The van der Waals surface area contributed by atoms with Crippen LogP contribution in [-0.4, -0.2) is 39.2 Å². The highest BCUT2D eigenvalue weighted by molar-refractivity contribution is 8.00. The molecule has 0 bridgehead atoms. The van der Waals surface area contributed by atoms with Crippen LogP contribution in [0.4, 0.5) is 5.69 Å². The van der Waals surface area contributed by atoms with Gasteiger partial charge in [-0.3, -0.25) is 9.36 Å². The highest BCUT2D eigenvalue weighted by Crippen LogP contribution is 2.28. The summed E-state index contributed by atoms with van der Waals surface area (Å²) < 4.78 is 7.35. The predicted octanol–water partition coefficient (Wildman–Crippen LogP) is 5.83. The van der Waals surface area contributed by atoms with Gasteiger partial charge in [0, 0.05) is 16.3 Å². The molecule has 3 aromatic carbocycles. The normalized spacial score (nSPS) is 11.9. The summed E-state index contributed by atoms with van der Waals surface area (Å²) in [5, 5.41) is 17.2. The molecule has 0 spiro atoms. The van der Waals surface area contributed by atoms with Gasteiger partial charge in [-0.2, -0.15) is 5.10 Å². The molecule has 0 radical (unpaired) electrons. The fourth-order valence-corrected chi connectivity index (χ4v) is 4.70. The lowest BCUT2D eigenvalue weighted by molar-refractivity contribution is -0.120. The lowest BCUT2D eigenvalue weighted by atomic mass is 10.2. The second-order valence-electron chi connectivity index (χ2n) is 7.78. The van der Waals surface area contributed by atoms with Crippen LogP contribution in [0.25, 0.3) is 5.69 Å². The van der Waals surface area contributed by atoms with E-state index in [0.29, 0.717) is 33.1 Å². The number of ether oxygens (including phenoxy) is 1. The van der Waals surface area contributed by atoms with Gasteiger partial charge < -0.3 is 10.1 Å². The average Bonchev–Trinajstić information content (AvgIpc) is 3.31. The van der Waals surface area contributed by atoms with Crippen molar-refractivity contribution in [3.8, 4) is 11.4 Å². The summed E-state index contributed by atoms with van der Waals surface area (Å²) in [7, 11) is 1.63. The van der Waals surface area contributed by atoms with E-state index in [2.05, 4.69) is 26.0 Å². The quantitative estimate of drug-likeness (QED) is 0.145. The van der Waals surface area contributed by atoms with Crippen molar-refractivity contribution in [3.05, 3.63) is 94.2 Å². The second-order valence-corrected chi connectivity index (χ2v) is 9.94. The Labute approximate surface area is 229 Å². The van der Waals surface area contributed by atoms with Gasteiger partial charge in [-0.05, 0) is 43.3 Å². The van der Waals surface area contributed by atoms with Crippen molar-refractivity contribution in [2.45, 2.75) is 23.9 Å². The highest BCUT2D eigenvalue weighted by Gasteiger charge is 2.21. The maximum absolute atomic E-state index is 12.7. The molecule has 1 unspecified atom stereocenters. The van der Waals surface area contributed by atoms with Crippen molar-refractivity contribution in [1.82, 2.24) is 20.2 Å². The Balaban J connectivity index is 1.48. The Morgan fingerprint density at radius 3 is 2.62 bits per heavy atom. The van der Waals surface area contributed by atoms with Gasteiger partial charge in [0.1, 0.15) is 5.75 Å². The van der Waals surface area contributed by atoms with Crippen LogP contribution in [0.3, 0.4) is 0 Å². The molecule has 1 heterocycles. The number of anilines is 1. The minimum Gasteiger partial charge on any atom is -0.495 e. The molecule has 0 fully saturated rings. The first-order valence-corrected chi connectivity index (χ1v) is 12.9. The lowest BCUT2D eigenvalue weighted by Gasteiger charge is -2.14. The average molecular weight is 555 g/mol. The number of carbonyl (C=O) groups excluding carboxylic acids is 1. The fraction of sp³-hybridized carbons (Fsp3) is 0.154. The zero-order valence-corrected chi connectivity index (χ0v) is 22.4. The van der Waals surface area contributed by atoms with Gasteiger partial charge in [0.2, 0.25) is 0 Å². The fourth-order valence-electron chi connectivity index (χ4n) is 3.37. The molecule has 8 nitrogen and oxygen atoms in total. The van der Waals surface area contributed by atoms with E-state index in [1.165, 1.54) is 18.0 Å². The Hall–Kier alpha value is -3.53. The summed E-state index contributed by atoms with van der Waals surface area (Å²) in [6.45, 7) is 2.18. The van der Waals surface area contributed by atoms with Crippen molar-refractivity contribution in [2.24, 2.45) is 5.10 Å². The van der Waals surface area contributed by atoms with E-state index in [0.717, 1.165) is 17.1 Å². The first kappa shape index (κ1) is 26.5. The predicted molar refractivity (Wildman–Crippen MR) is 149 cm³/mol. The van der Waals surface area contributed by atoms with Crippen molar-refractivity contribution in [3.63, 3.8) is 0 Å². The Bertz CT molecular complexity index is 1400. The molecule has 37 heavy (non-hydrogen) atoms. The van der Waals surface area contributed by atoms with Gasteiger partial charge in [0.05, 0.1) is 35.8 Å². The number of para-hydroxylation sites is 3. The number of benzene rings is 3. The van der Waals surface area contributed by atoms with Crippen LogP contribution < -0.4 is 15.5 Å². The molecule has 2 N–H and O–H groups in total. The number of nitrogens with zero attached hydrogens (tertiary/aromatic N) is 4. The van der Waals surface area contributed by atoms with Gasteiger partial charge in [-0.1, -0.05) is 71.4 Å². The van der Waals surface area contributed by atoms with Gasteiger partial charge >= 0.3 is 0 Å².